The molecule has 0 aliphatic carbocycles. The third-order valence-electron chi connectivity index (χ3n) is 6.51. The fourth-order valence-electron chi connectivity index (χ4n) is 4.38. The zero-order valence-corrected chi connectivity index (χ0v) is 22.0. The molecule has 196 valence electrons. The maximum atomic E-state index is 11.4. The molecule has 0 saturated carbocycles. The number of para-hydroxylation sites is 1. The van der Waals surface area contributed by atoms with Gasteiger partial charge < -0.3 is 14.6 Å². The van der Waals surface area contributed by atoms with E-state index in [0.29, 0.717) is 19.6 Å². The Bertz CT molecular complexity index is 560. The van der Waals surface area contributed by atoms with Crippen LogP contribution in [0.25, 0.3) is 0 Å². The van der Waals surface area contributed by atoms with Crippen molar-refractivity contribution in [3.05, 3.63) is 30.3 Å². The highest BCUT2D eigenvalue weighted by atomic mass is 16.5. The van der Waals surface area contributed by atoms with E-state index in [1.54, 1.807) is 0 Å². The van der Waals surface area contributed by atoms with Crippen molar-refractivity contribution in [1.29, 1.82) is 0 Å². The first-order chi connectivity index (χ1) is 16.7. The van der Waals surface area contributed by atoms with Crippen molar-refractivity contribution in [2.24, 2.45) is 0 Å². The number of benzene rings is 1. The normalized spacial score (nSPS) is 12.0. The van der Waals surface area contributed by atoms with Crippen molar-refractivity contribution in [3.63, 3.8) is 0 Å². The van der Waals surface area contributed by atoms with Gasteiger partial charge in [-0.3, -0.25) is 0 Å². The molecule has 0 aliphatic heterocycles. The summed E-state index contributed by atoms with van der Waals surface area (Å²) in [6, 6.07) is 9.52. The first-order valence-corrected chi connectivity index (χ1v) is 14.3. The molecule has 0 saturated heterocycles. The summed E-state index contributed by atoms with van der Waals surface area (Å²) in [4.78, 5) is 11.4. The summed E-state index contributed by atoms with van der Waals surface area (Å²) >= 11 is 0. The highest BCUT2D eigenvalue weighted by molar-refractivity contribution is 5.72. The number of hydrogen-bond donors (Lipinski definition) is 1. The van der Waals surface area contributed by atoms with Gasteiger partial charge in [-0.2, -0.15) is 0 Å². The minimum Gasteiger partial charge on any atom is -0.491 e. The van der Waals surface area contributed by atoms with Crippen LogP contribution in [0.4, 0.5) is 0 Å². The van der Waals surface area contributed by atoms with E-state index in [9.17, 15) is 9.90 Å². The molecular formula is C30H52O4. The lowest BCUT2D eigenvalue weighted by Gasteiger charge is -2.14. The van der Waals surface area contributed by atoms with Crippen LogP contribution in [0.1, 0.15) is 129 Å². The molecular weight excluding hydrogens is 424 g/mol. The van der Waals surface area contributed by atoms with Gasteiger partial charge in [-0.05, 0) is 18.6 Å². The topological polar surface area (TPSA) is 55.8 Å². The van der Waals surface area contributed by atoms with Crippen LogP contribution in [0, 0.1) is 0 Å². The molecule has 0 fully saturated rings. The van der Waals surface area contributed by atoms with Gasteiger partial charge in [0.25, 0.3) is 0 Å². The van der Waals surface area contributed by atoms with Gasteiger partial charge in [0.05, 0.1) is 6.61 Å². The Morgan fingerprint density at radius 1 is 0.676 bits per heavy atom. The quantitative estimate of drug-likeness (QED) is 0.143. The molecule has 1 atom stereocenters. The summed E-state index contributed by atoms with van der Waals surface area (Å²) < 4.78 is 11.1. The molecule has 0 aromatic heterocycles. The molecule has 1 rings (SSSR count). The van der Waals surface area contributed by atoms with Gasteiger partial charge in [-0.25, -0.2) is 4.79 Å². The number of hydrogen-bond acceptors (Lipinski definition) is 3. The summed E-state index contributed by atoms with van der Waals surface area (Å²) in [5.74, 6) is -0.0897. The lowest BCUT2D eigenvalue weighted by atomic mass is 10.0. The fraction of sp³-hybridized carbons (Fsp3) is 0.767. The molecule has 0 spiro atoms. The Kier molecular flexibility index (Phi) is 20.8. The van der Waals surface area contributed by atoms with E-state index in [2.05, 4.69) is 6.92 Å². The molecule has 0 bridgehead atoms. The molecule has 0 aliphatic rings. The van der Waals surface area contributed by atoms with E-state index in [4.69, 9.17) is 9.47 Å². The Hall–Kier alpha value is -1.55. The molecule has 4 heteroatoms. The van der Waals surface area contributed by atoms with Crippen molar-refractivity contribution in [2.45, 2.75) is 135 Å². The van der Waals surface area contributed by atoms with Crippen molar-refractivity contribution in [1.82, 2.24) is 0 Å². The van der Waals surface area contributed by atoms with Gasteiger partial charge in [-0.1, -0.05) is 141 Å². The number of rotatable bonds is 25. The summed E-state index contributed by atoms with van der Waals surface area (Å²) in [5.41, 5.74) is 0. The fourth-order valence-corrected chi connectivity index (χ4v) is 4.38. The average molecular weight is 477 g/mol. The second-order valence-corrected chi connectivity index (χ2v) is 9.66. The molecule has 0 amide bonds. The van der Waals surface area contributed by atoms with E-state index in [1.807, 2.05) is 30.3 Å². The van der Waals surface area contributed by atoms with Crippen molar-refractivity contribution in [3.8, 4) is 5.75 Å². The molecule has 1 unspecified atom stereocenters. The van der Waals surface area contributed by atoms with Crippen molar-refractivity contribution >= 4 is 5.97 Å². The second-order valence-electron chi connectivity index (χ2n) is 9.66. The van der Waals surface area contributed by atoms with Crippen molar-refractivity contribution in [2.75, 3.05) is 13.2 Å². The smallest absolute Gasteiger partial charge is 0.332 e. The number of aliphatic carboxylic acids is 1. The van der Waals surface area contributed by atoms with Crippen LogP contribution in [0.2, 0.25) is 0 Å². The van der Waals surface area contributed by atoms with Gasteiger partial charge in [0, 0.05) is 0 Å². The van der Waals surface area contributed by atoms with E-state index < -0.39 is 12.1 Å². The van der Waals surface area contributed by atoms with E-state index >= 15 is 0 Å². The predicted octanol–water partition coefficient (Wildman–Crippen LogP) is 8.97. The van der Waals surface area contributed by atoms with Crippen LogP contribution in [-0.4, -0.2) is 30.4 Å². The predicted molar refractivity (Wildman–Crippen MR) is 143 cm³/mol. The third kappa shape index (κ3) is 18.8. The molecule has 0 radical (unpaired) electrons. The van der Waals surface area contributed by atoms with Gasteiger partial charge >= 0.3 is 5.97 Å². The Balaban J connectivity index is 1.84. The van der Waals surface area contributed by atoms with Gasteiger partial charge in [0.15, 0.2) is 6.10 Å². The SMILES string of the molecule is CCCCCCCCCCCCCCCCCCCCC(OCCOc1ccccc1)C(=O)O. The number of unbranched alkanes of at least 4 members (excludes halogenated alkanes) is 17. The summed E-state index contributed by atoms with van der Waals surface area (Å²) in [6.07, 6.45) is 23.9. The zero-order valence-electron chi connectivity index (χ0n) is 22.0. The number of carboxylic acid groups (broad SMARTS) is 1. The van der Waals surface area contributed by atoms with Crippen molar-refractivity contribution < 1.29 is 19.4 Å². The van der Waals surface area contributed by atoms with Crippen LogP contribution in [0.3, 0.4) is 0 Å². The van der Waals surface area contributed by atoms with E-state index in [1.165, 1.54) is 103 Å². The van der Waals surface area contributed by atoms with Crippen LogP contribution in [0.5, 0.6) is 5.75 Å². The van der Waals surface area contributed by atoms with Crippen LogP contribution in [0.15, 0.2) is 30.3 Å². The lowest BCUT2D eigenvalue weighted by Crippen LogP contribution is -2.26. The number of ether oxygens (including phenoxy) is 2. The Labute approximate surface area is 209 Å². The Morgan fingerprint density at radius 2 is 1.12 bits per heavy atom. The van der Waals surface area contributed by atoms with Gasteiger partial charge in [0.2, 0.25) is 0 Å². The lowest BCUT2D eigenvalue weighted by molar-refractivity contribution is -0.151. The molecule has 1 aromatic carbocycles. The van der Waals surface area contributed by atoms with Crippen LogP contribution in [-0.2, 0) is 9.53 Å². The molecule has 1 aromatic rings. The van der Waals surface area contributed by atoms with E-state index in [0.717, 1.165) is 18.6 Å². The maximum Gasteiger partial charge on any atom is 0.332 e. The standard InChI is InChI=1S/C30H52O4/c1-2-3-4-5-6-7-8-9-10-11-12-13-14-15-16-17-18-22-25-29(30(31)32)34-27-26-33-28-23-20-19-21-24-28/h19-21,23-24,29H,2-18,22,25-27H2,1H3,(H,31,32). The maximum absolute atomic E-state index is 11.4. The number of carboxylic acids is 1. The molecule has 1 N–H and O–H groups in total. The summed E-state index contributed by atoms with van der Waals surface area (Å²) in [5, 5.41) is 9.37. The monoisotopic (exact) mass is 476 g/mol. The minimum absolute atomic E-state index is 0.297. The first kappa shape index (κ1) is 30.5. The summed E-state index contributed by atoms with van der Waals surface area (Å²) in [7, 11) is 0. The second kappa shape index (κ2) is 23.2. The first-order valence-electron chi connectivity index (χ1n) is 14.3. The molecule has 0 heterocycles. The minimum atomic E-state index is -0.869. The van der Waals surface area contributed by atoms with E-state index in [-0.39, 0.29) is 0 Å². The largest absolute Gasteiger partial charge is 0.491 e. The highest BCUT2D eigenvalue weighted by Gasteiger charge is 2.17. The molecule has 4 nitrogen and oxygen atoms in total. The zero-order chi connectivity index (χ0) is 24.5. The Morgan fingerprint density at radius 3 is 1.56 bits per heavy atom. The van der Waals surface area contributed by atoms with Gasteiger partial charge in [-0.15, -0.1) is 0 Å². The average Bonchev–Trinajstić information content (AvgIpc) is 2.85. The molecule has 34 heavy (non-hydrogen) atoms. The van der Waals surface area contributed by atoms with Crippen LogP contribution < -0.4 is 4.74 Å². The highest BCUT2D eigenvalue weighted by Crippen LogP contribution is 2.15. The number of carbonyl (C=O) groups is 1. The third-order valence-corrected chi connectivity index (χ3v) is 6.51. The summed E-state index contributed by atoms with van der Waals surface area (Å²) in [6.45, 7) is 2.94. The van der Waals surface area contributed by atoms with Crippen LogP contribution >= 0.6 is 0 Å². The van der Waals surface area contributed by atoms with Gasteiger partial charge in [0.1, 0.15) is 12.4 Å².